The molecule has 1 heterocycles. The van der Waals surface area contributed by atoms with Gasteiger partial charge in [0, 0.05) is 19.0 Å². The van der Waals surface area contributed by atoms with Crippen LogP contribution in [-0.4, -0.2) is 34.0 Å². The van der Waals surface area contributed by atoms with Gasteiger partial charge in [0.05, 0.1) is 5.92 Å². The lowest BCUT2D eigenvalue weighted by Gasteiger charge is -2.49. The summed E-state index contributed by atoms with van der Waals surface area (Å²) in [6, 6.07) is 0. The van der Waals surface area contributed by atoms with Gasteiger partial charge in [-0.2, -0.15) is 0 Å². The normalized spacial score (nSPS) is 35.8. The predicted molar refractivity (Wildman–Crippen MR) is 49.7 cm³/mol. The lowest BCUT2D eigenvalue weighted by molar-refractivity contribution is -0.155. The van der Waals surface area contributed by atoms with Crippen LogP contribution >= 0.6 is 0 Å². The number of amides is 1. The fraction of sp³-hybridized carbons (Fsp3) is 0.800. The van der Waals surface area contributed by atoms with Crippen molar-refractivity contribution in [3.05, 3.63) is 0 Å². The second-order valence-corrected chi connectivity index (χ2v) is 4.44. The SMILES string of the molecule is CC(=O)N1CCCC12CC(C(=O)O)C2. The van der Waals surface area contributed by atoms with Crippen molar-refractivity contribution in [2.75, 3.05) is 6.54 Å². The molecule has 2 rings (SSSR count). The van der Waals surface area contributed by atoms with E-state index in [1.807, 2.05) is 4.90 Å². The number of nitrogens with zero attached hydrogens (tertiary/aromatic N) is 1. The maximum Gasteiger partial charge on any atom is 0.306 e. The monoisotopic (exact) mass is 197 g/mol. The Kier molecular flexibility index (Phi) is 2.01. The van der Waals surface area contributed by atoms with Gasteiger partial charge in [0.15, 0.2) is 0 Å². The van der Waals surface area contributed by atoms with Gasteiger partial charge in [0.25, 0.3) is 0 Å². The van der Waals surface area contributed by atoms with E-state index in [4.69, 9.17) is 5.11 Å². The zero-order valence-corrected chi connectivity index (χ0v) is 8.32. The summed E-state index contributed by atoms with van der Waals surface area (Å²) in [5.41, 5.74) is -0.0884. The molecular weight excluding hydrogens is 182 g/mol. The molecule has 2 aliphatic rings. The molecule has 1 saturated heterocycles. The van der Waals surface area contributed by atoms with Crippen LogP contribution in [0, 0.1) is 5.92 Å². The summed E-state index contributed by atoms with van der Waals surface area (Å²) in [4.78, 5) is 23.9. The third-order valence-electron chi connectivity index (χ3n) is 3.58. The summed E-state index contributed by atoms with van der Waals surface area (Å²) in [6.45, 7) is 2.38. The number of carbonyl (C=O) groups is 2. The Morgan fingerprint density at radius 1 is 1.43 bits per heavy atom. The number of hydrogen-bond acceptors (Lipinski definition) is 2. The van der Waals surface area contributed by atoms with Crippen LogP contribution < -0.4 is 0 Å². The lowest BCUT2D eigenvalue weighted by atomic mass is 9.67. The van der Waals surface area contributed by atoms with Crippen molar-refractivity contribution in [1.82, 2.24) is 4.90 Å². The van der Waals surface area contributed by atoms with E-state index in [2.05, 4.69) is 0 Å². The molecule has 2 fully saturated rings. The zero-order valence-electron chi connectivity index (χ0n) is 8.32. The first-order chi connectivity index (χ1) is 6.55. The Balaban J connectivity index is 2.05. The summed E-state index contributed by atoms with van der Waals surface area (Å²) in [7, 11) is 0. The number of carboxylic acid groups (broad SMARTS) is 1. The van der Waals surface area contributed by atoms with E-state index in [-0.39, 0.29) is 17.4 Å². The fourth-order valence-electron chi connectivity index (χ4n) is 2.89. The van der Waals surface area contributed by atoms with E-state index in [1.54, 1.807) is 6.92 Å². The molecule has 0 aromatic heterocycles. The van der Waals surface area contributed by atoms with Crippen molar-refractivity contribution in [2.45, 2.75) is 38.1 Å². The number of carbonyl (C=O) groups excluding carboxylic acids is 1. The van der Waals surface area contributed by atoms with Crippen molar-refractivity contribution in [3.63, 3.8) is 0 Å². The van der Waals surface area contributed by atoms with Gasteiger partial charge in [-0.15, -0.1) is 0 Å². The molecule has 0 atom stereocenters. The Hall–Kier alpha value is -1.06. The zero-order chi connectivity index (χ0) is 10.3. The number of likely N-dealkylation sites (tertiary alicyclic amines) is 1. The summed E-state index contributed by atoms with van der Waals surface area (Å²) < 4.78 is 0. The molecule has 0 unspecified atom stereocenters. The second kappa shape index (κ2) is 2.97. The van der Waals surface area contributed by atoms with Crippen LogP contribution in [0.4, 0.5) is 0 Å². The molecule has 0 bridgehead atoms. The van der Waals surface area contributed by atoms with Gasteiger partial charge >= 0.3 is 5.97 Å². The minimum absolute atomic E-state index is 0.0884. The number of aliphatic carboxylic acids is 1. The standard InChI is InChI=1S/C10H15NO3/c1-7(12)11-4-2-3-10(11)5-8(6-10)9(13)14/h8H,2-6H2,1H3,(H,13,14). The fourth-order valence-corrected chi connectivity index (χ4v) is 2.89. The average Bonchev–Trinajstić information content (AvgIpc) is 2.43. The van der Waals surface area contributed by atoms with E-state index in [0.29, 0.717) is 12.8 Å². The molecule has 1 saturated carbocycles. The molecule has 4 nitrogen and oxygen atoms in total. The van der Waals surface area contributed by atoms with Gasteiger partial charge in [-0.3, -0.25) is 9.59 Å². The van der Waals surface area contributed by atoms with Crippen molar-refractivity contribution >= 4 is 11.9 Å². The van der Waals surface area contributed by atoms with Crippen molar-refractivity contribution in [3.8, 4) is 0 Å². The van der Waals surface area contributed by atoms with E-state index >= 15 is 0 Å². The van der Waals surface area contributed by atoms with E-state index in [9.17, 15) is 9.59 Å². The summed E-state index contributed by atoms with van der Waals surface area (Å²) >= 11 is 0. The van der Waals surface area contributed by atoms with E-state index in [0.717, 1.165) is 19.4 Å². The molecule has 0 aromatic rings. The minimum atomic E-state index is -0.717. The quantitative estimate of drug-likeness (QED) is 0.678. The van der Waals surface area contributed by atoms with Gasteiger partial charge in [-0.05, 0) is 25.7 Å². The number of hydrogen-bond donors (Lipinski definition) is 1. The second-order valence-electron chi connectivity index (χ2n) is 4.44. The minimum Gasteiger partial charge on any atom is -0.481 e. The Morgan fingerprint density at radius 3 is 2.57 bits per heavy atom. The van der Waals surface area contributed by atoms with Crippen LogP contribution in [0.1, 0.15) is 32.6 Å². The van der Waals surface area contributed by atoms with Crippen molar-refractivity contribution in [2.24, 2.45) is 5.92 Å². The molecule has 1 aliphatic carbocycles. The topological polar surface area (TPSA) is 57.6 Å². The highest BCUT2D eigenvalue weighted by Gasteiger charge is 2.54. The molecule has 1 spiro atoms. The first kappa shape index (κ1) is 9.49. The van der Waals surface area contributed by atoms with E-state index < -0.39 is 5.97 Å². The number of carboxylic acids is 1. The first-order valence-corrected chi connectivity index (χ1v) is 5.06. The van der Waals surface area contributed by atoms with Gasteiger partial charge in [0.2, 0.25) is 5.91 Å². The van der Waals surface area contributed by atoms with Gasteiger partial charge < -0.3 is 10.0 Å². The largest absolute Gasteiger partial charge is 0.481 e. The molecule has 14 heavy (non-hydrogen) atoms. The van der Waals surface area contributed by atoms with Gasteiger partial charge in [-0.1, -0.05) is 0 Å². The third-order valence-corrected chi connectivity index (χ3v) is 3.58. The predicted octanol–water partition coefficient (Wildman–Crippen LogP) is 0.862. The average molecular weight is 197 g/mol. The summed E-state index contributed by atoms with van der Waals surface area (Å²) in [6.07, 6.45) is 3.31. The molecule has 1 amide bonds. The van der Waals surface area contributed by atoms with Crippen molar-refractivity contribution in [1.29, 1.82) is 0 Å². The first-order valence-electron chi connectivity index (χ1n) is 5.06. The highest BCUT2D eigenvalue weighted by molar-refractivity contribution is 5.77. The van der Waals surface area contributed by atoms with E-state index in [1.165, 1.54) is 0 Å². The molecule has 78 valence electrons. The third kappa shape index (κ3) is 1.21. The molecule has 0 radical (unpaired) electrons. The lowest BCUT2D eigenvalue weighted by Crippen LogP contribution is -2.56. The molecule has 4 heteroatoms. The maximum atomic E-state index is 11.3. The number of rotatable bonds is 1. The maximum absolute atomic E-state index is 11.3. The molecule has 0 aromatic carbocycles. The van der Waals surface area contributed by atoms with Gasteiger partial charge in [-0.25, -0.2) is 0 Å². The van der Waals surface area contributed by atoms with Crippen LogP contribution in [0.2, 0.25) is 0 Å². The van der Waals surface area contributed by atoms with Crippen molar-refractivity contribution < 1.29 is 14.7 Å². The van der Waals surface area contributed by atoms with Crippen LogP contribution in [0.5, 0.6) is 0 Å². The highest BCUT2D eigenvalue weighted by Crippen LogP contribution is 2.49. The summed E-state index contributed by atoms with van der Waals surface area (Å²) in [5, 5.41) is 8.80. The highest BCUT2D eigenvalue weighted by atomic mass is 16.4. The van der Waals surface area contributed by atoms with Crippen LogP contribution in [0.3, 0.4) is 0 Å². The molecule has 1 N–H and O–H groups in total. The summed E-state index contributed by atoms with van der Waals surface area (Å²) in [5.74, 6) is -0.854. The Bertz CT molecular complexity index is 281. The van der Waals surface area contributed by atoms with Crippen LogP contribution in [0.15, 0.2) is 0 Å². The smallest absolute Gasteiger partial charge is 0.306 e. The van der Waals surface area contributed by atoms with Crippen LogP contribution in [0.25, 0.3) is 0 Å². The van der Waals surface area contributed by atoms with Crippen LogP contribution in [-0.2, 0) is 9.59 Å². The van der Waals surface area contributed by atoms with Gasteiger partial charge in [0.1, 0.15) is 0 Å². The Labute approximate surface area is 82.9 Å². The Morgan fingerprint density at radius 2 is 2.07 bits per heavy atom. The molecule has 1 aliphatic heterocycles. The molecular formula is C10H15NO3.